The van der Waals surface area contributed by atoms with Crippen LogP contribution < -0.4 is 10.6 Å². The van der Waals surface area contributed by atoms with Crippen LogP contribution in [-0.4, -0.2) is 18.1 Å². The van der Waals surface area contributed by atoms with Gasteiger partial charge >= 0.3 is 0 Å². The zero-order valence-corrected chi connectivity index (χ0v) is 10.3. The van der Waals surface area contributed by atoms with Crippen molar-refractivity contribution in [3.05, 3.63) is 29.0 Å². The average molecular weight is 255 g/mol. The summed E-state index contributed by atoms with van der Waals surface area (Å²) in [6, 6.07) is 6.66. The molecular weight excluding hydrogens is 239 g/mol. The number of fused-ring (bicyclic) bond motifs is 2. The topological polar surface area (TPSA) is 24.1 Å². The zero-order valence-electron chi connectivity index (χ0n) is 9.55. The van der Waals surface area contributed by atoms with E-state index in [9.17, 15) is 4.39 Å². The van der Waals surface area contributed by atoms with Gasteiger partial charge in [0.05, 0.1) is 5.02 Å². The first-order valence-corrected chi connectivity index (χ1v) is 6.56. The van der Waals surface area contributed by atoms with Gasteiger partial charge in [0.2, 0.25) is 0 Å². The van der Waals surface area contributed by atoms with Crippen molar-refractivity contribution in [3.8, 4) is 0 Å². The lowest BCUT2D eigenvalue weighted by molar-refractivity contribution is 0.378. The summed E-state index contributed by atoms with van der Waals surface area (Å²) in [5.74, 6) is -0.353. The largest absolute Gasteiger partial charge is 0.382 e. The summed E-state index contributed by atoms with van der Waals surface area (Å²) in [5.41, 5.74) is 0.832. The highest BCUT2D eigenvalue weighted by molar-refractivity contribution is 6.30. The number of rotatable bonds is 2. The molecule has 2 N–H and O–H groups in total. The number of piperidine rings is 1. The molecule has 2 aliphatic heterocycles. The predicted octanol–water partition coefficient (Wildman–Crippen LogP) is 3.17. The van der Waals surface area contributed by atoms with E-state index in [0.717, 1.165) is 18.5 Å². The molecule has 1 aromatic carbocycles. The summed E-state index contributed by atoms with van der Waals surface area (Å²) in [7, 11) is 0. The lowest BCUT2D eigenvalue weighted by Crippen LogP contribution is -2.43. The first-order chi connectivity index (χ1) is 8.20. The Morgan fingerprint density at radius 1 is 1.24 bits per heavy atom. The zero-order chi connectivity index (χ0) is 11.8. The van der Waals surface area contributed by atoms with Crippen molar-refractivity contribution >= 4 is 17.3 Å². The second-order valence-electron chi connectivity index (χ2n) is 5.08. The summed E-state index contributed by atoms with van der Waals surface area (Å²) in [6.45, 7) is 0. The number of benzene rings is 1. The van der Waals surface area contributed by atoms with E-state index in [4.69, 9.17) is 11.6 Å². The summed E-state index contributed by atoms with van der Waals surface area (Å²) >= 11 is 5.67. The van der Waals surface area contributed by atoms with Gasteiger partial charge in [0, 0.05) is 23.8 Å². The van der Waals surface area contributed by atoms with Crippen molar-refractivity contribution in [2.24, 2.45) is 0 Å². The third-order valence-electron chi connectivity index (χ3n) is 3.76. The molecule has 2 aliphatic rings. The Hall–Kier alpha value is -0.800. The molecule has 2 saturated heterocycles. The van der Waals surface area contributed by atoms with Crippen molar-refractivity contribution in [3.63, 3.8) is 0 Å². The summed E-state index contributed by atoms with van der Waals surface area (Å²) in [5, 5.41) is 7.18. The monoisotopic (exact) mass is 254 g/mol. The van der Waals surface area contributed by atoms with Gasteiger partial charge < -0.3 is 10.6 Å². The summed E-state index contributed by atoms with van der Waals surface area (Å²) in [6.07, 6.45) is 4.80. The first-order valence-electron chi connectivity index (χ1n) is 6.18. The van der Waals surface area contributed by atoms with Gasteiger partial charge in [-0.2, -0.15) is 0 Å². The van der Waals surface area contributed by atoms with Crippen molar-refractivity contribution in [2.45, 2.75) is 43.8 Å². The van der Waals surface area contributed by atoms with E-state index in [1.165, 1.54) is 18.9 Å². The Bertz CT molecular complexity index is 412. The Kier molecular flexibility index (Phi) is 2.97. The van der Waals surface area contributed by atoms with Gasteiger partial charge in [-0.1, -0.05) is 11.6 Å². The van der Waals surface area contributed by atoms with Gasteiger partial charge in [-0.3, -0.25) is 0 Å². The minimum Gasteiger partial charge on any atom is -0.382 e. The van der Waals surface area contributed by atoms with Crippen LogP contribution in [0, 0.1) is 5.82 Å². The molecule has 2 fully saturated rings. The van der Waals surface area contributed by atoms with Gasteiger partial charge in [0.15, 0.2) is 0 Å². The molecule has 2 nitrogen and oxygen atoms in total. The van der Waals surface area contributed by atoms with Gasteiger partial charge in [-0.05, 0) is 43.9 Å². The molecule has 0 radical (unpaired) electrons. The third kappa shape index (κ3) is 2.40. The van der Waals surface area contributed by atoms with Gasteiger partial charge in [0.1, 0.15) is 5.82 Å². The highest BCUT2D eigenvalue weighted by Crippen LogP contribution is 2.29. The van der Waals surface area contributed by atoms with E-state index < -0.39 is 0 Å². The molecule has 2 unspecified atom stereocenters. The second-order valence-corrected chi connectivity index (χ2v) is 5.49. The van der Waals surface area contributed by atoms with E-state index in [0.29, 0.717) is 18.1 Å². The highest BCUT2D eigenvalue weighted by Gasteiger charge is 2.33. The fourth-order valence-corrected chi connectivity index (χ4v) is 3.11. The van der Waals surface area contributed by atoms with Crippen LogP contribution in [0.25, 0.3) is 0 Å². The Balaban J connectivity index is 1.68. The summed E-state index contributed by atoms with van der Waals surface area (Å²) in [4.78, 5) is 0. The maximum absolute atomic E-state index is 13.3. The molecule has 0 spiro atoms. The van der Waals surface area contributed by atoms with Crippen molar-refractivity contribution in [2.75, 3.05) is 5.32 Å². The van der Waals surface area contributed by atoms with Crippen molar-refractivity contribution in [1.29, 1.82) is 0 Å². The van der Waals surface area contributed by atoms with Crippen LogP contribution in [0.1, 0.15) is 25.7 Å². The van der Waals surface area contributed by atoms with Crippen molar-refractivity contribution in [1.82, 2.24) is 5.32 Å². The lowest BCUT2D eigenvalue weighted by Gasteiger charge is -2.30. The van der Waals surface area contributed by atoms with Crippen LogP contribution in [0.2, 0.25) is 5.02 Å². The molecule has 0 aromatic heterocycles. The molecule has 2 heterocycles. The fraction of sp³-hybridized carbons (Fsp3) is 0.538. The molecule has 0 aliphatic carbocycles. The first kappa shape index (κ1) is 11.3. The summed E-state index contributed by atoms with van der Waals surface area (Å²) < 4.78 is 13.3. The van der Waals surface area contributed by atoms with Gasteiger partial charge in [-0.25, -0.2) is 4.39 Å². The molecular formula is C13H16ClFN2. The fourth-order valence-electron chi connectivity index (χ4n) is 3.00. The smallest absolute Gasteiger partial charge is 0.143 e. The van der Waals surface area contributed by atoms with Crippen LogP contribution in [0.4, 0.5) is 10.1 Å². The molecule has 2 atom stereocenters. The number of hydrogen-bond donors (Lipinski definition) is 2. The van der Waals surface area contributed by atoms with E-state index in [2.05, 4.69) is 10.6 Å². The minimum atomic E-state index is -0.353. The Labute approximate surface area is 106 Å². The van der Waals surface area contributed by atoms with Gasteiger partial charge in [-0.15, -0.1) is 0 Å². The number of hydrogen-bond acceptors (Lipinski definition) is 2. The molecule has 2 bridgehead atoms. The lowest BCUT2D eigenvalue weighted by atomic mass is 9.99. The molecule has 0 saturated carbocycles. The Morgan fingerprint density at radius 3 is 2.59 bits per heavy atom. The molecule has 4 heteroatoms. The third-order valence-corrected chi connectivity index (χ3v) is 4.07. The van der Waals surface area contributed by atoms with Crippen LogP contribution in [0.3, 0.4) is 0 Å². The van der Waals surface area contributed by atoms with Crippen LogP contribution >= 0.6 is 11.6 Å². The molecule has 17 heavy (non-hydrogen) atoms. The molecule has 0 amide bonds. The normalized spacial score (nSPS) is 31.5. The highest BCUT2D eigenvalue weighted by atomic mass is 35.5. The van der Waals surface area contributed by atoms with Gasteiger partial charge in [0.25, 0.3) is 0 Å². The predicted molar refractivity (Wildman–Crippen MR) is 68.0 cm³/mol. The average Bonchev–Trinajstić information content (AvgIpc) is 2.64. The second kappa shape index (κ2) is 4.46. The van der Waals surface area contributed by atoms with E-state index >= 15 is 0 Å². The quantitative estimate of drug-likeness (QED) is 0.847. The number of halogens is 2. The maximum atomic E-state index is 13.3. The van der Waals surface area contributed by atoms with Crippen molar-refractivity contribution < 1.29 is 4.39 Å². The number of anilines is 1. The standard InChI is InChI=1S/C13H16ClFN2/c14-12-4-3-10(7-13(12)15)17-11-5-8-1-2-9(6-11)16-8/h3-4,7-9,11,16-17H,1-2,5-6H2. The van der Waals surface area contributed by atoms with E-state index in [-0.39, 0.29) is 10.8 Å². The minimum absolute atomic E-state index is 0.181. The number of nitrogens with one attached hydrogen (secondary N) is 2. The van der Waals surface area contributed by atoms with Crippen LogP contribution in [0.15, 0.2) is 18.2 Å². The molecule has 92 valence electrons. The van der Waals surface area contributed by atoms with E-state index in [1.807, 2.05) is 6.07 Å². The maximum Gasteiger partial charge on any atom is 0.143 e. The van der Waals surface area contributed by atoms with Crippen LogP contribution in [0.5, 0.6) is 0 Å². The van der Waals surface area contributed by atoms with E-state index in [1.54, 1.807) is 6.07 Å². The Morgan fingerprint density at radius 2 is 1.94 bits per heavy atom. The SMILES string of the molecule is Fc1cc(NC2CC3CCC(C2)N3)ccc1Cl. The molecule has 3 rings (SSSR count). The van der Waals surface area contributed by atoms with Crippen LogP contribution in [-0.2, 0) is 0 Å². The molecule has 1 aromatic rings.